The maximum atomic E-state index is 12.8. The number of hydrogen-bond donors (Lipinski definition) is 3. The van der Waals surface area contributed by atoms with Gasteiger partial charge in [0.15, 0.2) is 0 Å². The molecule has 3 rings (SSSR count). The summed E-state index contributed by atoms with van der Waals surface area (Å²) in [5.74, 6) is 0.547. The van der Waals surface area contributed by atoms with Gasteiger partial charge in [-0.3, -0.25) is 8.70 Å². The number of rotatable bonds is 12. The van der Waals surface area contributed by atoms with E-state index in [9.17, 15) is 31.3 Å². The Hall–Kier alpha value is -2.96. The number of fused-ring (bicyclic) bond motifs is 1. The van der Waals surface area contributed by atoms with E-state index < -0.39 is 29.9 Å². The Morgan fingerprint density at radius 1 is 1.17 bits per heavy atom. The lowest BCUT2D eigenvalue weighted by Gasteiger charge is -2.28. The van der Waals surface area contributed by atoms with E-state index in [0.717, 1.165) is 28.9 Å². The zero-order chi connectivity index (χ0) is 31.7. The quantitative estimate of drug-likeness (QED) is 0.208. The molecule has 1 aliphatic rings. The Morgan fingerprint density at radius 3 is 2.40 bits per heavy atom. The summed E-state index contributed by atoms with van der Waals surface area (Å²) >= 11 is 0. The van der Waals surface area contributed by atoms with Crippen molar-refractivity contribution in [1.29, 1.82) is 0 Å². The van der Waals surface area contributed by atoms with Gasteiger partial charge in [-0.1, -0.05) is 56.0 Å². The van der Waals surface area contributed by atoms with Gasteiger partial charge in [-0.25, -0.2) is 8.60 Å². The van der Waals surface area contributed by atoms with Crippen LogP contribution in [0.1, 0.15) is 31.4 Å². The minimum atomic E-state index is -4.00. The summed E-state index contributed by atoms with van der Waals surface area (Å²) < 4.78 is 67.7. The summed E-state index contributed by atoms with van der Waals surface area (Å²) in [6.45, 7) is 7.19. The van der Waals surface area contributed by atoms with Gasteiger partial charge in [0.2, 0.25) is 0 Å². The maximum Gasteiger partial charge on any atom is 0.386 e. The van der Waals surface area contributed by atoms with Crippen LogP contribution in [0.5, 0.6) is 0 Å². The number of nitrogens with one attached hydrogen (secondary N) is 2. The number of benzene rings is 2. The first-order valence-electron chi connectivity index (χ1n) is 13.5. The van der Waals surface area contributed by atoms with Crippen molar-refractivity contribution < 1.29 is 31.3 Å². The van der Waals surface area contributed by atoms with Gasteiger partial charge in [0.05, 0.1) is 36.5 Å². The molecule has 0 aromatic heterocycles. The van der Waals surface area contributed by atoms with Crippen molar-refractivity contribution in [3.8, 4) is 0 Å². The SMILES string of the molecule is C=C(NC(Cc1ccccc1)C(O)CNCCF)c1ccc2c(c1)N(C)S(=O)CCN2/C=C/CC.CC(F)(F)F.CF. The predicted octanol–water partition coefficient (Wildman–Crippen LogP) is 5.78. The highest BCUT2D eigenvalue weighted by Gasteiger charge is 2.24. The lowest BCUT2D eigenvalue weighted by molar-refractivity contribution is -0.110. The molecular formula is C30H43F5N4O2S. The summed E-state index contributed by atoms with van der Waals surface area (Å²) in [6, 6.07) is 15.6. The standard InChI is InChI=1S/C27H37FN4O2S.C2H3F3.CH3F/c1-4-5-15-32-16-17-35(34)31(3)26-19-23(11-12-25(26)32)21(2)30-24(27(33)20-29-14-13-28)18-22-9-7-6-8-10-22;1-2(3,4)5;1-2/h5-12,15,19,24,27,29-30,33H,2,4,13-14,16-18,20H2,1,3H3;1H3;1H3/b15-5+;;. The van der Waals surface area contributed by atoms with Crippen LogP contribution in [0, 0.1) is 0 Å². The Kier molecular flexibility index (Phi) is 17.0. The minimum Gasteiger partial charge on any atom is -0.390 e. The number of alkyl halides is 5. The van der Waals surface area contributed by atoms with E-state index in [1.807, 2.05) is 59.9 Å². The molecule has 1 heterocycles. The van der Waals surface area contributed by atoms with Gasteiger partial charge in [-0.05, 0) is 36.1 Å². The van der Waals surface area contributed by atoms with Crippen molar-refractivity contribution >= 4 is 28.1 Å². The molecule has 0 fully saturated rings. The minimum absolute atomic E-state index is 0.188. The number of aliphatic hydroxyl groups is 1. The molecule has 3 atom stereocenters. The van der Waals surface area contributed by atoms with Crippen molar-refractivity contribution in [1.82, 2.24) is 10.6 Å². The van der Waals surface area contributed by atoms with Crippen LogP contribution in [-0.4, -0.2) is 73.9 Å². The molecule has 2 aromatic rings. The van der Waals surface area contributed by atoms with Crippen LogP contribution in [0.2, 0.25) is 0 Å². The predicted molar refractivity (Wildman–Crippen MR) is 164 cm³/mol. The first kappa shape index (κ1) is 37.1. The van der Waals surface area contributed by atoms with Gasteiger partial charge < -0.3 is 20.6 Å². The highest BCUT2D eigenvalue weighted by Crippen LogP contribution is 2.34. The van der Waals surface area contributed by atoms with Crippen molar-refractivity contribution in [2.45, 2.75) is 45.0 Å². The summed E-state index contributed by atoms with van der Waals surface area (Å²) in [5, 5.41) is 17.2. The molecule has 0 amide bonds. The van der Waals surface area contributed by atoms with E-state index in [4.69, 9.17) is 0 Å². The third kappa shape index (κ3) is 13.3. The molecule has 3 N–H and O–H groups in total. The van der Waals surface area contributed by atoms with Crippen LogP contribution in [0.15, 0.2) is 67.4 Å². The lowest BCUT2D eigenvalue weighted by atomic mass is 9.99. The van der Waals surface area contributed by atoms with Gasteiger partial charge in [-0.2, -0.15) is 13.2 Å². The highest BCUT2D eigenvalue weighted by molar-refractivity contribution is 7.86. The fourth-order valence-corrected chi connectivity index (χ4v) is 5.05. The van der Waals surface area contributed by atoms with E-state index in [1.165, 1.54) is 0 Å². The summed E-state index contributed by atoms with van der Waals surface area (Å²) in [5.41, 5.74) is 4.47. The average molecular weight is 619 g/mol. The Balaban J connectivity index is 0.00000114. The highest BCUT2D eigenvalue weighted by atomic mass is 32.2. The Morgan fingerprint density at radius 2 is 1.81 bits per heavy atom. The number of nitrogens with zero attached hydrogens (tertiary/aromatic N) is 2. The lowest BCUT2D eigenvalue weighted by Crippen LogP contribution is -2.46. The largest absolute Gasteiger partial charge is 0.390 e. The van der Waals surface area contributed by atoms with Gasteiger partial charge in [-0.15, -0.1) is 0 Å². The van der Waals surface area contributed by atoms with E-state index in [0.29, 0.717) is 31.6 Å². The first-order chi connectivity index (χ1) is 19.9. The van der Waals surface area contributed by atoms with Crippen molar-refractivity contribution in [3.63, 3.8) is 0 Å². The molecule has 42 heavy (non-hydrogen) atoms. The van der Waals surface area contributed by atoms with E-state index in [2.05, 4.69) is 41.3 Å². The smallest absolute Gasteiger partial charge is 0.386 e. The molecule has 0 saturated carbocycles. The Labute approximate surface area is 248 Å². The molecule has 12 heteroatoms. The monoisotopic (exact) mass is 618 g/mol. The van der Waals surface area contributed by atoms with Crippen LogP contribution < -0.4 is 19.8 Å². The number of allylic oxidation sites excluding steroid dienone is 1. The summed E-state index contributed by atoms with van der Waals surface area (Å²) in [7, 11) is 1.22. The van der Waals surface area contributed by atoms with Gasteiger partial charge in [0.1, 0.15) is 17.7 Å². The summed E-state index contributed by atoms with van der Waals surface area (Å²) in [6.07, 6.45) is 0.916. The molecule has 2 aromatic carbocycles. The van der Waals surface area contributed by atoms with E-state index >= 15 is 0 Å². The van der Waals surface area contributed by atoms with Crippen molar-refractivity contribution in [2.24, 2.45) is 0 Å². The number of anilines is 2. The zero-order valence-electron chi connectivity index (χ0n) is 24.6. The molecule has 3 unspecified atom stereocenters. The van der Waals surface area contributed by atoms with Crippen LogP contribution in [-0.2, 0) is 17.4 Å². The second-order valence-electron chi connectivity index (χ2n) is 9.37. The zero-order valence-corrected chi connectivity index (χ0v) is 25.4. The van der Waals surface area contributed by atoms with Crippen LogP contribution in [0.4, 0.5) is 33.3 Å². The molecular weight excluding hydrogens is 575 g/mol. The van der Waals surface area contributed by atoms with Gasteiger partial charge in [0.25, 0.3) is 0 Å². The van der Waals surface area contributed by atoms with Crippen molar-refractivity contribution in [2.75, 3.05) is 55.5 Å². The fraction of sp³-hybridized carbons (Fsp3) is 0.467. The molecule has 6 nitrogen and oxygen atoms in total. The number of hydrogen-bond acceptors (Lipinski definition) is 5. The second kappa shape index (κ2) is 19.3. The van der Waals surface area contributed by atoms with Crippen LogP contribution >= 0.6 is 0 Å². The van der Waals surface area contributed by atoms with Gasteiger partial charge in [0, 0.05) is 45.5 Å². The van der Waals surface area contributed by atoms with Crippen LogP contribution in [0.3, 0.4) is 0 Å². The molecule has 1 aliphatic heterocycles. The third-order valence-corrected chi connectivity index (χ3v) is 7.39. The molecule has 236 valence electrons. The molecule has 0 saturated heterocycles. The summed E-state index contributed by atoms with van der Waals surface area (Å²) in [4.78, 5) is 2.14. The average Bonchev–Trinajstić information content (AvgIpc) is 3.08. The van der Waals surface area contributed by atoms with Crippen molar-refractivity contribution in [3.05, 3.63) is 78.5 Å². The second-order valence-corrected chi connectivity index (χ2v) is 11.0. The normalized spacial score (nSPS) is 16.3. The molecule has 0 radical (unpaired) electrons. The number of halogens is 5. The maximum absolute atomic E-state index is 12.8. The third-order valence-electron chi connectivity index (χ3n) is 6.05. The first-order valence-corrected chi connectivity index (χ1v) is 14.8. The number of aliphatic hydroxyl groups excluding tert-OH is 1. The van der Waals surface area contributed by atoms with Gasteiger partial charge >= 0.3 is 6.18 Å². The molecule has 0 aliphatic carbocycles. The molecule has 0 bridgehead atoms. The fourth-order valence-electron chi connectivity index (χ4n) is 4.05. The van der Waals surface area contributed by atoms with Crippen LogP contribution in [0.25, 0.3) is 5.70 Å². The molecule has 0 spiro atoms. The Bertz CT molecular complexity index is 1110. The topological polar surface area (TPSA) is 67.8 Å². The van der Waals surface area contributed by atoms with E-state index in [-0.39, 0.29) is 26.1 Å². The van der Waals surface area contributed by atoms with E-state index in [1.54, 1.807) is 0 Å².